The number of hydrogen-bond acceptors (Lipinski definition) is 5. The molecule has 2 aromatic rings. The van der Waals surface area contributed by atoms with E-state index in [2.05, 4.69) is 4.98 Å². The summed E-state index contributed by atoms with van der Waals surface area (Å²) in [5, 5.41) is 19.2. The van der Waals surface area contributed by atoms with Gasteiger partial charge in [-0.25, -0.2) is 9.18 Å². The molecule has 0 unspecified atom stereocenters. The molecule has 0 radical (unpaired) electrons. The molecule has 0 saturated carbocycles. The first-order valence-electron chi connectivity index (χ1n) is 8.12. The first-order valence-corrected chi connectivity index (χ1v) is 8.12. The highest BCUT2D eigenvalue weighted by atomic mass is 19.1. The van der Waals surface area contributed by atoms with Crippen LogP contribution >= 0.6 is 0 Å². The van der Waals surface area contributed by atoms with Crippen LogP contribution in [0.15, 0.2) is 12.1 Å². The standard InChI is InChI=1S/C17H22FN3O4/c1-17(2,3)25-16(24)21-6-4-20(5-7-21)10-8-11(18)13-12(9-10)19-15(23)14(13)22/h8-9,19,22-23H,4-7H2,1-3H3. The van der Waals surface area contributed by atoms with Crippen LogP contribution in [0.4, 0.5) is 14.9 Å². The van der Waals surface area contributed by atoms with Crippen LogP contribution in [0, 0.1) is 5.82 Å². The molecule has 3 rings (SSSR count). The summed E-state index contributed by atoms with van der Waals surface area (Å²) < 4.78 is 19.6. The molecule has 8 heteroatoms. The lowest BCUT2D eigenvalue weighted by atomic mass is 10.2. The highest BCUT2D eigenvalue weighted by Gasteiger charge is 2.26. The molecular formula is C17H22FN3O4. The van der Waals surface area contributed by atoms with E-state index in [1.165, 1.54) is 6.07 Å². The molecule has 0 atom stereocenters. The van der Waals surface area contributed by atoms with Gasteiger partial charge >= 0.3 is 6.09 Å². The average molecular weight is 351 g/mol. The number of H-pyrrole nitrogens is 1. The second-order valence-corrected chi connectivity index (χ2v) is 7.13. The lowest BCUT2D eigenvalue weighted by Gasteiger charge is -2.36. The Morgan fingerprint density at radius 2 is 1.84 bits per heavy atom. The number of carbonyl (C=O) groups excluding carboxylic acids is 1. The monoisotopic (exact) mass is 351 g/mol. The van der Waals surface area contributed by atoms with Gasteiger partial charge in [0.25, 0.3) is 0 Å². The Labute approximate surface area is 144 Å². The predicted molar refractivity (Wildman–Crippen MR) is 91.6 cm³/mol. The minimum atomic E-state index is -0.615. The molecule has 1 aliphatic heterocycles. The number of amides is 1. The molecule has 1 saturated heterocycles. The van der Waals surface area contributed by atoms with E-state index < -0.39 is 23.0 Å². The molecule has 0 aliphatic carbocycles. The van der Waals surface area contributed by atoms with Gasteiger partial charge in [-0.15, -0.1) is 0 Å². The van der Waals surface area contributed by atoms with Crippen LogP contribution in [0.3, 0.4) is 0 Å². The molecule has 1 fully saturated rings. The summed E-state index contributed by atoms with van der Waals surface area (Å²) in [5.41, 5.74) is 0.398. The molecule has 7 nitrogen and oxygen atoms in total. The maximum Gasteiger partial charge on any atom is 0.410 e. The van der Waals surface area contributed by atoms with Gasteiger partial charge in [-0.05, 0) is 32.9 Å². The van der Waals surface area contributed by atoms with Crippen molar-refractivity contribution in [3.63, 3.8) is 0 Å². The number of carbonyl (C=O) groups is 1. The van der Waals surface area contributed by atoms with E-state index in [4.69, 9.17) is 4.74 Å². The SMILES string of the molecule is CC(C)(C)OC(=O)N1CCN(c2cc(F)c3c(O)c(O)[nH]c3c2)CC1. The van der Waals surface area contributed by atoms with E-state index >= 15 is 0 Å². The molecule has 3 N–H and O–H groups in total. The van der Waals surface area contributed by atoms with E-state index in [0.717, 1.165) is 0 Å². The normalized spacial score (nSPS) is 15.7. The third kappa shape index (κ3) is 3.42. The summed E-state index contributed by atoms with van der Waals surface area (Å²) in [6.45, 7) is 7.46. The Balaban J connectivity index is 1.73. The third-order valence-corrected chi connectivity index (χ3v) is 4.09. The van der Waals surface area contributed by atoms with Crippen molar-refractivity contribution in [2.45, 2.75) is 26.4 Å². The van der Waals surface area contributed by atoms with Crippen molar-refractivity contribution >= 4 is 22.7 Å². The smallest absolute Gasteiger partial charge is 0.410 e. The summed E-state index contributed by atoms with van der Waals surface area (Å²) in [7, 11) is 0. The number of aromatic nitrogens is 1. The zero-order valence-electron chi connectivity index (χ0n) is 14.5. The number of piperazine rings is 1. The van der Waals surface area contributed by atoms with Crippen LogP contribution in [-0.2, 0) is 4.74 Å². The lowest BCUT2D eigenvalue weighted by Crippen LogP contribution is -2.50. The first-order chi connectivity index (χ1) is 11.7. The van der Waals surface area contributed by atoms with E-state index in [0.29, 0.717) is 37.4 Å². The maximum absolute atomic E-state index is 14.3. The van der Waals surface area contributed by atoms with Crippen LogP contribution in [0.5, 0.6) is 11.6 Å². The minimum absolute atomic E-state index is 0.0337. The van der Waals surface area contributed by atoms with Gasteiger partial charge in [0.2, 0.25) is 5.88 Å². The molecule has 0 spiro atoms. The molecule has 25 heavy (non-hydrogen) atoms. The molecule has 1 aromatic heterocycles. The first kappa shape index (κ1) is 17.2. The largest absolute Gasteiger partial charge is 0.503 e. The highest BCUT2D eigenvalue weighted by molar-refractivity contribution is 5.91. The van der Waals surface area contributed by atoms with E-state index in [1.54, 1.807) is 11.0 Å². The fourth-order valence-electron chi connectivity index (χ4n) is 2.89. The van der Waals surface area contributed by atoms with Gasteiger partial charge in [0.1, 0.15) is 11.4 Å². The van der Waals surface area contributed by atoms with Gasteiger partial charge in [0.15, 0.2) is 5.75 Å². The Bertz CT molecular complexity index is 804. The van der Waals surface area contributed by atoms with Crippen molar-refractivity contribution in [3.8, 4) is 11.6 Å². The summed E-state index contributed by atoms with van der Waals surface area (Å²) in [6.07, 6.45) is -0.354. The van der Waals surface area contributed by atoms with Crippen molar-refractivity contribution < 1.29 is 24.1 Å². The van der Waals surface area contributed by atoms with Gasteiger partial charge < -0.3 is 29.7 Å². The number of rotatable bonds is 1. The number of benzene rings is 1. The van der Waals surface area contributed by atoms with Crippen molar-refractivity contribution in [2.24, 2.45) is 0 Å². The van der Waals surface area contributed by atoms with Crippen LogP contribution in [-0.4, -0.2) is 58.0 Å². The van der Waals surface area contributed by atoms with Gasteiger partial charge in [-0.1, -0.05) is 0 Å². The quantitative estimate of drug-likeness (QED) is 0.735. The number of halogens is 1. The second-order valence-electron chi connectivity index (χ2n) is 7.13. The van der Waals surface area contributed by atoms with Crippen LogP contribution < -0.4 is 4.90 Å². The Kier molecular flexibility index (Phi) is 4.14. The van der Waals surface area contributed by atoms with Crippen LogP contribution in [0.1, 0.15) is 20.8 Å². The zero-order chi connectivity index (χ0) is 18.4. The maximum atomic E-state index is 14.3. The van der Waals surface area contributed by atoms with Crippen LogP contribution in [0.2, 0.25) is 0 Å². The fourth-order valence-corrected chi connectivity index (χ4v) is 2.89. The molecule has 0 bridgehead atoms. The molecule has 1 aliphatic rings. The molecule has 2 heterocycles. The van der Waals surface area contributed by atoms with Gasteiger partial charge in [-0.3, -0.25) is 0 Å². The lowest BCUT2D eigenvalue weighted by molar-refractivity contribution is 0.0240. The molecule has 1 amide bonds. The van der Waals surface area contributed by atoms with Gasteiger partial charge in [0, 0.05) is 31.9 Å². The van der Waals surface area contributed by atoms with E-state index in [9.17, 15) is 19.4 Å². The highest BCUT2D eigenvalue weighted by Crippen LogP contribution is 2.37. The number of anilines is 1. The van der Waals surface area contributed by atoms with Crippen molar-refractivity contribution in [2.75, 3.05) is 31.1 Å². The minimum Gasteiger partial charge on any atom is -0.503 e. The van der Waals surface area contributed by atoms with Crippen molar-refractivity contribution in [1.29, 1.82) is 0 Å². The number of aromatic hydroxyl groups is 2. The summed E-state index contributed by atoms with van der Waals surface area (Å²) in [4.78, 5) is 18.2. The Morgan fingerprint density at radius 3 is 2.44 bits per heavy atom. The number of hydrogen-bond donors (Lipinski definition) is 3. The van der Waals surface area contributed by atoms with Gasteiger partial charge in [-0.2, -0.15) is 0 Å². The number of ether oxygens (including phenoxy) is 1. The summed E-state index contributed by atoms with van der Waals surface area (Å²) in [5.74, 6) is -1.56. The van der Waals surface area contributed by atoms with Crippen molar-refractivity contribution in [1.82, 2.24) is 9.88 Å². The Morgan fingerprint density at radius 1 is 1.20 bits per heavy atom. The average Bonchev–Trinajstić information content (AvgIpc) is 2.81. The summed E-state index contributed by atoms with van der Waals surface area (Å²) in [6, 6.07) is 2.99. The second kappa shape index (κ2) is 6.02. The topological polar surface area (TPSA) is 89.0 Å². The number of fused-ring (bicyclic) bond motifs is 1. The summed E-state index contributed by atoms with van der Waals surface area (Å²) >= 11 is 0. The van der Waals surface area contributed by atoms with Gasteiger partial charge in [0.05, 0.1) is 10.9 Å². The van der Waals surface area contributed by atoms with Crippen LogP contribution in [0.25, 0.3) is 10.9 Å². The predicted octanol–water partition coefficient (Wildman–Crippen LogP) is 2.78. The number of nitrogens with zero attached hydrogens (tertiary/aromatic N) is 2. The molecular weight excluding hydrogens is 329 g/mol. The Hall–Kier alpha value is -2.64. The fraction of sp³-hybridized carbons (Fsp3) is 0.471. The number of aromatic amines is 1. The van der Waals surface area contributed by atoms with E-state index in [1.807, 2.05) is 25.7 Å². The van der Waals surface area contributed by atoms with Crippen molar-refractivity contribution in [3.05, 3.63) is 17.9 Å². The van der Waals surface area contributed by atoms with E-state index in [-0.39, 0.29) is 11.5 Å². The number of nitrogens with one attached hydrogen (secondary N) is 1. The molecule has 136 valence electrons. The molecule has 1 aromatic carbocycles. The zero-order valence-corrected chi connectivity index (χ0v) is 14.5. The third-order valence-electron chi connectivity index (χ3n) is 4.09.